The molecule has 3 aliphatic carbocycles. The van der Waals surface area contributed by atoms with E-state index in [1.54, 1.807) is 24.3 Å². The van der Waals surface area contributed by atoms with E-state index in [1.165, 1.54) is 24.2 Å². The first-order valence-corrected chi connectivity index (χ1v) is 10.1. The summed E-state index contributed by atoms with van der Waals surface area (Å²) >= 11 is 0. The van der Waals surface area contributed by atoms with Crippen molar-refractivity contribution in [3.8, 4) is 0 Å². The molecular weight excluding hydrogens is 340 g/mol. The highest BCUT2D eigenvalue weighted by Gasteiger charge is 2.59. The molecule has 1 heterocycles. The Hall–Kier alpha value is -2.43. The molecule has 1 N–H and O–H groups in total. The predicted molar refractivity (Wildman–Crippen MR) is 101 cm³/mol. The highest BCUT2D eigenvalue weighted by molar-refractivity contribution is 6.22. The van der Waals surface area contributed by atoms with Gasteiger partial charge in [-0.3, -0.25) is 19.3 Å². The molecule has 3 amide bonds. The van der Waals surface area contributed by atoms with Gasteiger partial charge in [-0.1, -0.05) is 31.4 Å². The number of nitrogens with zero attached hydrogens (tertiary/aromatic N) is 1. The number of anilines is 1. The number of rotatable bonds is 3. The lowest BCUT2D eigenvalue weighted by Gasteiger charge is -2.23. The van der Waals surface area contributed by atoms with E-state index in [0.29, 0.717) is 11.3 Å². The average Bonchev–Trinajstić information content (AvgIpc) is 3.37. The molecule has 3 fully saturated rings. The molecule has 2 bridgehead atoms. The SMILES string of the molecule is O=C(NC1CCCCC1)c1ccc(N2C(=O)[C@@H]3[C@@H](C2=O)[C@H]2C=C[C@@H]3C2)cc1. The third kappa shape index (κ3) is 2.63. The van der Waals surface area contributed by atoms with Gasteiger partial charge in [0.2, 0.25) is 11.8 Å². The summed E-state index contributed by atoms with van der Waals surface area (Å²) in [5, 5.41) is 3.10. The summed E-state index contributed by atoms with van der Waals surface area (Å²) in [7, 11) is 0. The van der Waals surface area contributed by atoms with Gasteiger partial charge in [-0.25, -0.2) is 0 Å². The number of amides is 3. The minimum absolute atomic E-state index is 0.0772. The normalized spacial score (nSPS) is 32.2. The number of carbonyl (C=O) groups is 3. The zero-order chi connectivity index (χ0) is 18.5. The molecule has 140 valence electrons. The van der Waals surface area contributed by atoms with Crippen molar-refractivity contribution < 1.29 is 14.4 Å². The van der Waals surface area contributed by atoms with Crippen LogP contribution in [0, 0.1) is 23.7 Å². The quantitative estimate of drug-likeness (QED) is 0.662. The Morgan fingerprint density at radius 3 is 2.07 bits per heavy atom. The number of hydrogen-bond donors (Lipinski definition) is 1. The number of nitrogens with one attached hydrogen (secondary N) is 1. The summed E-state index contributed by atoms with van der Waals surface area (Å²) in [6, 6.07) is 7.14. The third-order valence-electron chi connectivity index (χ3n) is 6.80. The van der Waals surface area contributed by atoms with Crippen molar-refractivity contribution in [2.45, 2.75) is 44.6 Å². The van der Waals surface area contributed by atoms with Crippen LogP contribution in [-0.4, -0.2) is 23.8 Å². The summed E-state index contributed by atoms with van der Waals surface area (Å²) in [6.07, 6.45) is 10.8. The number of carbonyl (C=O) groups excluding carboxylic acids is 3. The summed E-state index contributed by atoms with van der Waals surface area (Å²) in [5.74, 6) is -0.207. The second-order valence-electron chi connectivity index (χ2n) is 8.37. The standard InChI is InChI=1S/C22H24N2O3/c25-20(23-16-4-2-1-3-5-16)13-8-10-17(11-9-13)24-21(26)18-14-6-7-15(12-14)19(18)22(24)27/h6-11,14-16,18-19H,1-5,12H2,(H,23,25)/t14-,15+,18-,19-/m0/s1. The van der Waals surface area contributed by atoms with E-state index >= 15 is 0 Å². The fraction of sp³-hybridized carbons (Fsp3) is 0.500. The van der Waals surface area contributed by atoms with Gasteiger partial charge in [-0.05, 0) is 55.4 Å². The summed E-state index contributed by atoms with van der Waals surface area (Å²) in [4.78, 5) is 39.5. The maximum absolute atomic E-state index is 12.9. The van der Waals surface area contributed by atoms with Crippen LogP contribution in [-0.2, 0) is 9.59 Å². The van der Waals surface area contributed by atoms with Crippen molar-refractivity contribution in [3.63, 3.8) is 0 Å². The van der Waals surface area contributed by atoms with Gasteiger partial charge in [-0.15, -0.1) is 0 Å². The fourth-order valence-corrected chi connectivity index (χ4v) is 5.43. The van der Waals surface area contributed by atoms with Gasteiger partial charge >= 0.3 is 0 Å². The Kier molecular flexibility index (Phi) is 3.92. The van der Waals surface area contributed by atoms with Crippen LogP contribution in [0.3, 0.4) is 0 Å². The monoisotopic (exact) mass is 364 g/mol. The first-order valence-electron chi connectivity index (χ1n) is 10.1. The van der Waals surface area contributed by atoms with E-state index in [-0.39, 0.29) is 47.4 Å². The van der Waals surface area contributed by atoms with Crippen molar-refractivity contribution in [2.75, 3.05) is 4.90 Å². The fourth-order valence-electron chi connectivity index (χ4n) is 5.43. The minimum Gasteiger partial charge on any atom is -0.349 e. The Morgan fingerprint density at radius 1 is 0.889 bits per heavy atom. The van der Waals surface area contributed by atoms with E-state index in [9.17, 15) is 14.4 Å². The number of allylic oxidation sites excluding steroid dienone is 2. The molecule has 0 spiro atoms. The van der Waals surface area contributed by atoms with Gasteiger partial charge < -0.3 is 5.32 Å². The van der Waals surface area contributed by atoms with Crippen LogP contribution in [0.5, 0.6) is 0 Å². The molecule has 1 aromatic carbocycles. The zero-order valence-corrected chi connectivity index (χ0v) is 15.3. The minimum atomic E-state index is -0.193. The Bertz CT molecular complexity index is 792. The van der Waals surface area contributed by atoms with Crippen LogP contribution >= 0.6 is 0 Å². The summed E-state index contributed by atoms with van der Waals surface area (Å²) in [6.45, 7) is 0. The maximum Gasteiger partial charge on any atom is 0.251 e. The van der Waals surface area contributed by atoms with Crippen molar-refractivity contribution in [2.24, 2.45) is 23.7 Å². The van der Waals surface area contributed by atoms with Gasteiger partial charge in [0.25, 0.3) is 5.91 Å². The Morgan fingerprint density at radius 2 is 1.48 bits per heavy atom. The van der Waals surface area contributed by atoms with Crippen LogP contribution in [0.4, 0.5) is 5.69 Å². The first-order chi connectivity index (χ1) is 13.1. The molecule has 5 nitrogen and oxygen atoms in total. The highest BCUT2D eigenvalue weighted by atomic mass is 16.2. The second kappa shape index (κ2) is 6.32. The van der Waals surface area contributed by atoms with Gasteiger partial charge in [-0.2, -0.15) is 0 Å². The summed E-state index contributed by atoms with van der Waals surface area (Å²) < 4.78 is 0. The van der Waals surface area contributed by atoms with Crippen LogP contribution in [0.2, 0.25) is 0 Å². The van der Waals surface area contributed by atoms with E-state index in [1.807, 2.05) is 0 Å². The zero-order valence-electron chi connectivity index (χ0n) is 15.3. The molecule has 5 rings (SSSR count). The van der Waals surface area contributed by atoms with Crippen LogP contribution < -0.4 is 10.2 Å². The highest BCUT2D eigenvalue weighted by Crippen LogP contribution is 2.53. The average molecular weight is 364 g/mol. The molecule has 1 aliphatic heterocycles. The van der Waals surface area contributed by atoms with E-state index in [4.69, 9.17) is 0 Å². The van der Waals surface area contributed by atoms with Gasteiger partial charge in [0.1, 0.15) is 0 Å². The molecule has 1 saturated heterocycles. The topological polar surface area (TPSA) is 66.5 Å². The molecule has 0 unspecified atom stereocenters. The molecule has 27 heavy (non-hydrogen) atoms. The number of fused-ring (bicyclic) bond motifs is 5. The molecule has 4 atom stereocenters. The summed E-state index contributed by atoms with van der Waals surface area (Å²) in [5.41, 5.74) is 1.15. The van der Waals surface area contributed by atoms with Crippen molar-refractivity contribution >= 4 is 23.4 Å². The second-order valence-corrected chi connectivity index (χ2v) is 8.37. The number of imide groups is 1. The first kappa shape index (κ1) is 16.7. The maximum atomic E-state index is 12.9. The lowest BCUT2D eigenvalue weighted by atomic mass is 9.85. The molecule has 1 aromatic rings. The third-order valence-corrected chi connectivity index (χ3v) is 6.80. The molecule has 0 aromatic heterocycles. The van der Waals surface area contributed by atoms with E-state index in [2.05, 4.69) is 17.5 Å². The molecule has 5 heteroatoms. The lowest BCUT2D eigenvalue weighted by Crippen LogP contribution is -2.36. The van der Waals surface area contributed by atoms with Crippen molar-refractivity contribution in [3.05, 3.63) is 42.0 Å². The largest absolute Gasteiger partial charge is 0.349 e. The number of hydrogen-bond acceptors (Lipinski definition) is 3. The van der Waals surface area contributed by atoms with Gasteiger partial charge in [0, 0.05) is 11.6 Å². The molecule has 2 saturated carbocycles. The van der Waals surface area contributed by atoms with Gasteiger partial charge in [0.05, 0.1) is 17.5 Å². The Labute approximate surface area is 158 Å². The number of benzene rings is 1. The molecule has 4 aliphatic rings. The van der Waals surface area contributed by atoms with Crippen LogP contribution in [0.25, 0.3) is 0 Å². The van der Waals surface area contributed by atoms with Gasteiger partial charge in [0.15, 0.2) is 0 Å². The van der Waals surface area contributed by atoms with Crippen molar-refractivity contribution in [1.82, 2.24) is 5.32 Å². The smallest absolute Gasteiger partial charge is 0.251 e. The molecule has 0 radical (unpaired) electrons. The van der Waals surface area contributed by atoms with Crippen LogP contribution in [0.15, 0.2) is 36.4 Å². The predicted octanol–water partition coefficient (Wildman–Crippen LogP) is 3.06. The Balaban J connectivity index is 1.31. The molecular formula is C22H24N2O3. The van der Waals surface area contributed by atoms with E-state index in [0.717, 1.165) is 19.3 Å². The van der Waals surface area contributed by atoms with Crippen molar-refractivity contribution in [1.29, 1.82) is 0 Å². The van der Waals surface area contributed by atoms with E-state index < -0.39 is 0 Å². The van der Waals surface area contributed by atoms with Crippen LogP contribution in [0.1, 0.15) is 48.9 Å². The lowest BCUT2D eigenvalue weighted by molar-refractivity contribution is -0.123.